The Labute approximate surface area is 152 Å². The van der Waals surface area contributed by atoms with Gasteiger partial charge in [0.2, 0.25) is 11.8 Å². The van der Waals surface area contributed by atoms with Crippen LogP contribution in [0.3, 0.4) is 0 Å². The number of aromatic nitrogens is 2. The zero-order chi connectivity index (χ0) is 18.2. The Morgan fingerprint density at radius 2 is 1.08 bits per heavy atom. The summed E-state index contributed by atoms with van der Waals surface area (Å²) in [5, 5.41) is 7.41. The van der Waals surface area contributed by atoms with Crippen LogP contribution in [0.5, 0.6) is 11.8 Å². The van der Waals surface area contributed by atoms with Gasteiger partial charge in [-0.2, -0.15) is 0 Å². The topological polar surface area (TPSA) is 96.8 Å². The highest BCUT2D eigenvalue weighted by molar-refractivity contribution is 5.64. The van der Waals surface area contributed by atoms with Gasteiger partial charge in [-0.3, -0.25) is 0 Å². The maximum absolute atomic E-state index is 11.7. The van der Waals surface area contributed by atoms with Crippen LogP contribution in [0.2, 0.25) is 0 Å². The number of hydrogen-bond donors (Lipinski definition) is 0. The van der Waals surface area contributed by atoms with Crippen molar-refractivity contribution in [3.05, 3.63) is 12.1 Å². The van der Waals surface area contributed by atoms with Crippen molar-refractivity contribution in [1.29, 1.82) is 0 Å². The molecular formula is C18H24N2O6. The van der Waals surface area contributed by atoms with Crippen molar-refractivity contribution in [2.24, 2.45) is 0 Å². The Balaban J connectivity index is 1.42. The minimum absolute atomic E-state index is 0.0150. The fourth-order valence-corrected chi connectivity index (χ4v) is 3.27. The number of nitrogens with zero attached hydrogens (tertiary/aromatic N) is 2. The first kappa shape index (κ1) is 18.4. The highest BCUT2D eigenvalue weighted by Gasteiger charge is 2.21. The van der Waals surface area contributed by atoms with Crippen molar-refractivity contribution in [3.63, 3.8) is 0 Å². The van der Waals surface area contributed by atoms with Crippen LogP contribution in [0.15, 0.2) is 12.1 Å². The molecule has 142 valence electrons. The Hall–Kier alpha value is -2.38. The lowest BCUT2D eigenvalue weighted by atomic mass is 9.98. The second kappa shape index (κ2) is 9.35. The van der Waals surface area contributed by atoms with Gasteiger partial charge in [0.15, 0.2) is 0 Å². The normalized spacial score (nSPS) is 18.8. The van der Waals surface area contributed by atoms with Gasteiger partial charge in [0.1, 0.15) is 12.2 Å². The van der Waals surface area contributed by atoms with Crippen LogP contribution < -0.4 is 9.47 Å². The molecule has 0 aromatic carbocycles. The molecule has 0 bridgehead atoms. The maximum Gasteiger partial charge on any atom is 0.515 e. The SMILES string of the molecule is O=C(Oc1ccc(OC(=O)OC2CCCCC2)nn1)OC1CCCCC1. The molecule has 0 atom stereocenters. The van der Waals surface area contributed by atoms with E-state index < -0.39 is 12.3 Å². The van der Waals surface area contributed by atoms with E-state index >= 15 is 0 Å². The number of carbonyl (C=O) groups is 2. The van der Waals surface area contributed by atoms with E-state index in [0.29, 0.717) is 0 Å². The molecule has 0 unspecified atom stereocenters. The van der Waals surface area contributed by atoms with E-state index in [1.54, 1.807) is 0 Å². The lowest BCUT2D eigenvalue weighted by Crippen LogP contribution is -2.24. The fraction of sp³-hybridized carbons (Fsp3) is 0.667. The molecule has 1 aromatic heterocycles. The molecular weight excluding hydrogens is 340 g/mol. The first-order valence-electron chi connectivity index (χ1n) is 9.30. The molecule has 26 heavy (non-hydrogen) atoms. The van der Waals surface area contributed by atoms with Crippen molar-refractivity contribution in [2.45, 2.75) is 76.4 Å². The van der Waals surface area contributed by atoms with Crippen LogP contribution in [-0.2, 0) is 9.47 Å². The molecule has 2 aliphatic rings. The molecule has 2 aliphatic carbocycles. The molecule has 0 aliphatic heterocycles. The summed E-state index contributed by atoms with van der Waals surface area (Å²) >= 11 is 0. The van der Waals surface area contributed by atoms with Crippen molar-refractivity contribution in [2.75, 3.05) is 0 Å². The second-order valence-electron chi connectivity index (χ2n) is 6.67. The van der Waals surface area contributed by atoms with E-state index in [-0.39, 0.29) is 24.0 Å². The molecule has 8 nitrogen and oxygen atoms in total. The van der Waals surface area contributed by atoms with Crippen LogP contribution >= 0.6 is 0 Å². The van der Waals surface area contributed by atoms with Crippen LogP contribution in [0, 0.1) is 0 Å². The highest BCUT2D eigenvalue weighted by atomic mass is 16.7. The summed E-state index contributed by atoms with van der Waals surface area (Å²) in [6, 6.07) is 2.77. The third-order valence-corrected chi connectivity index (χ3v) is 4.62. The van der Waals surface area contributed by atoms with Gasteiger partial charge >= 0.3 is 12.3 Å². The lowest BCUT2D eigenvalue weighted by molar-refractivity contribution is 0.0379. The predicted molar refractivity (Wildman–Crippen MR) is 90.0 cm³/mol. The standard InChI is InChI=1S/C18H24N2O6/c21-17(23-13-7-3-1-4-8-13)25-15-11-12-16(20-19-15)26-18(22)24-14-9-5-2-6-10-14/h11-14H,1-10H2. The van der Waals surface area contributed by atoms with E-state index in [2.05, 4.69) is 10.2 Å². The van der Waals surface area contributed by atoms with Crippen molar-refractivity contribution in [1.82, 2.24) is 10.2 Å². The van der Waals surface area contributed by atoms with Crippen molar-refractivity contribution < 1.29 is 28.5 Å². The molecule has 0 amide bonds. The third kappa shape index (κ3) is 5.86. The average Bonchev–Trinajstić information content (AvgIpc) is 2.65. The molecule has 2 saturated carbocycles. The summed E-state index contributed by atoms with van der Waals surface area (Å²) in [6.45, 7) is 0. The molecule has 0 radical (unpaired) electrons. The van der Waals surface area contributed by atoms with Gasteiger partial charge in [-0.25, -0.2) is 9.59 Å². The first-order chi connectivity index (χ1) is 12.7. The molecule has 1 aromatic rings. The van der Waals surface area contributed by atoms with Crippen molar-refractivity contribution in [3.8, 4) is 11.8 Å². The summed E-state index contributed by atoms with van der Waals surface area (Å²) in [5.74, 6) is -0.0300. The molecule has 0 N–H and O–H groups in total. The predicted octanol–water partition coefficient (Wildman–Crippen LogP) is 4.17. The van der Waals surface area contributed by atoms with E-state index in [0.717, 1.165) is 51.4 Å². The zero-order valence-electron chi connectivity index (χ0n) is 14.7. The molecule has 1 heterocycles. The van der Waals surface area contributed by atoms with E-state index in [1.807, 2.05) is 0 Å². The van der Waals surface area contributed by atoms with Gasteiger partial charge in [-0.05, 0) is 51.4 Å². The molecule has 2 fully saturated rings. The Kier molecular flexibility index (Phi) is 6.62. The van der Waals surface area contributed by atoms with Gasteiger partial charge in [0.25, 0.3) is 0 Å². The minimum Gasteiger partial charge on any atom is -0.431 e. The number of rotatable bonds is 4. The quantitative estimate of drug-likeness (QED) is 0.734. The summed E-state index contributed by atoms with van der Waals surface area (Å²) in [6.07, 6.45) is 8.22. The third-order valence-electron chi connectivity index (χ3n) is 4.62. The Morgan fingerprint density at radius 3 is 1.42 bits per heavy atom. The molecule has 0 spiro atoms. The second-order valence-corrected chi connectivity index (χ2v) is 6.67. The van der Waals surface area contributed by atoms with E-state index in [4.69, 9.17) is 18.9 Å². The smallest absolute Gasteiger partial charge is 0.431 e. The highest BCUT2D eigenvalue weighted by Crippen LogP contribution is 2.22. The Morgan fingerprint density at radius 1 is 0.692 bits per heavy atom. The zero-order valence-corrected chi connectivity index (χ0v) is 14.7. The van der Waals surface area contributed by atoms with E-state index in [9.17, 15) is 9.59 Å². The lowest BCUT2D eigenvalue weighted by Gasteiger charge is -2.21. The largest absolute Gasteiger partial charge is 0.515 e. The van der Waals surface area contributed by atoms with E-state index in [1.165, 1.54) is 25.0 Å². The number of carbonyl (C=O) groups excluding carboxylic acids is 2. The molecule has 8 heteroatoms. The first-order valence-corrected chi connectivity index (χ1v) is 9.30. The fourth-order valence-electron chi connectivity index (χ4n) is 3.27. The summed E-state index contributed by atoms with van der Waals surface area (Å²) in [7, 11) is 0. The average molecular weight is 364 g/mol. The van der Waals surface area contributed by atoms with Gasteiger partial charge in [0, 0.05) is 12.1 Å². The van der Waals surface area contributed by atoms with Crippen LogP contribution in [-0.4, -0.2) is 34.7 Å². The summed E-state index contributed by atoms with van der Waals surface area (Å²) in [4.78, 5) is 23.5. The maximum atomic E-state index is 11.7. The number of ether oxygens (including phenoxy) is 4. The molecule has 3 rings (SSSR count). The van der Waals surface area contributed by atoms with Gasteiger partial charge < -0.3 is 18.9 Å². The van der Waals surface area contributed by atoms with Crippen molar-refractivity contribution >= 4 is 12.3 Å². The monoisotopic (exact) mass is 364 g/mol. The summed E-state index contributed by atoms with van der Waals surface area (Å²) in [5.41, 5.74) is 0. The summed E-state index contributed by atoms with van der Waals surface area (Å²) < 4.78 is 20.5. The van der Waals surface area contributed by atoms with Crippen LogP contribution in [0.4, 0.5) is 9.59 Å². The number of hydrogen-bond acceptors (Lipinski definition) is 8. The van der Waals surface area contributed by atoms with Gasteiger partial charge in [-0.15, -0.1) is 10.2 Å². The Bertz CT molecular complexity index is 541. The van der Waals surface area contributed by atoms with Crippen LogP contribution in [0.25, 0.3) is 0 Å². The van der Waals surface area contributed by atoms with Gasteiger partial charge in [-0.1, -0.05) is 12.8 Å². The molecule has 0 saturated heterocycles. The minimum atomic E-state index is -0.795. The van der Waals surface area contributed by atoms with Gasteiger partial charge in [0.05, 0.1) is 0 Å². The van der Waals surface area contributed by atoms with Crippen LogP contribution in [0.1, 0.15) is 64.2 Å².